The minimum absolute atomic E-state index is 0.0555. The Morgan fingerprint density at radius 2 is 1.83 bits per heavy atom. The van der Waals surface area contributed by atoms with Gasteiger partial charge in [-0.1, -0.05) is 40.9 Å². The number of carboxylic acids is 1. The molecule has 23 heavy (non-hydrogen) atoms. The highest BCUT2D eigenvalue weighted by Gasteiger charge is 2.18. The quantitative estimate of drug-likeness (QED) is 0.819. The molecule has 0 atom stereocenters. The molecule has 0 heterocycles. The van der Waals surface area contributed by atoms with Crippen molar-refractivity contribution in [3.05, 3.63) is 56.5 Å². The predicted molar refractivity (Wildman–Crippen MR) is 89.4 cm³/mol. The SMILES string of the molecule is COc1c(Cl)cc(C(=O)O)cc1NC(=O)c1cccc(Cl)c1Cl. The number of rotatable bonds is 4. The van der Waals surface area contributed by atoms with Crippen LogP contribution >= 0.6 is 34.8 Å². The number of benzene rings is 2. The van der Waals surface area contributed by atoms with Crippen LogP contribution in [-0.4, -0.2) is 24.1 Å². The van der Waals surface area contributed by atoms with Gasteiger partial charge in [0.15, 0.2) is 5.75 Å². The van der Waals surface area contributed by atoms with E-state index >= 15 is 0 Å². The number of hydrogen-bond donors (Lipinski definition) is 2. The number of aromatic carboxylic acids is 1. The van der Waals surface area contributed by atoms with Crippen LogP contribution in [0.5, 0.6) is 5.75 Å². The number of carboxylic acid groups (broad SMARTS) is 1. The van der Waals surface area contributed by atoms with Crippen LogP contribution in [0, 0.1) is 0 Å². The van der Waals surface area contributed by atoms with Crippen LogP contribution in [0.15, 0.2) is 30.3 Å². The number of anilines is 1. The average Bonchev–Trinajstić information content (AvgIpc) is 2.49. The molecule has 0 aromatic heterocycles. The van der Waals surface area contributed by atoms with Gasteiger partial charge < -0.3 is 15.2 Å². The van der Waals surface area contributed by atoms with Gasteiger partial charge in [0.05, 0.1) is 39.0 Å². The van der Waals surface area contributed by atoms with Crippen LogP contribution in [0.2, 0.25) is 15.1 Å². The Balaban J connectivity index is 2.44. The van der Waals surface area contributed by atoms with Crippen molar-refractivity contribution in [3.8, 4) is 5.75 Å². The maximum absolute atomic E-state index is 12.3. The van der Waals surface area contributed by atoms with Crippen molar-refractivity contribution in [1.29, 1.82) is 0 Å². The highest BCUT2D eigenvalue weighted by molar-refractivity contribution is 6.44. The van der Waals surface area contributed by atoms with Crippen LogP contribution in [0.25, 0.3) is 0 Å². The minimum atomic E-state index is -1.19. The van der Waals surface area contributed by atoms with Crippen molar-refractivity contribution in [2.75, 3.05) is 12.4 Å². The molecule has 0 aliphatic rings. The second-order valence-electron chi connectivity index (χ2n) is 4.40. The first-order valence-electron chi connectivity index (χ1n) is 6.21. The van der Waals surface area contributed by atoms with Crippen LogP contribution in [0.4, 0.5) is 5.69 Å². The van der Waals surface area contributed by atoms with Crippen molar-refractivity contribution in [3.63, 3.8) is 0 Å². The van der Waals surface area contributed by atoms with E-state index in [2.05, 4.69) is 5.32 Å². The number of carbonyl (C=O) groups excluding carboxylic acids is 1. The lowest BCUT2D eigenvalue weighted by molar-refractivity contribution is 0.0696. The molecule has 1 amide bonds. The fraction of sp³-hybridized carbons (Fsp3) is 0.0667. The lowest BCUT2D eigenvalue weighted by Crippen LogP contribution is -2.14. The van der Waals surface area contributed by atoms with E-state index in [9.17, 15) is 9.59 Å². The van der Waals surface area contributed by atoms with E-state index in [1.807, 2.05) is 0 Å². The largest absolute Gasteiger partial charge is 0.493 e. The Bertz CT molecular complexity index is 793. The van der Waals surface area contributed by atoms with Gasteiger partial charge in [0.1, 0.15) is 0 Å². The third-order valence-corrected chi connectivity index (χ3v) is 4.04. The zero-order valence-electron chi connectivity index (χ0n) is 11.7. The molecule has 0 aliphatic carbocycles. The molecule has 0 fully saturated rings. The number of amides is 1. The summed E-state index contributed by atoms with van der Waals surface area (Å²) in [5.41, 5.74) is 0.153. The topological polar surface area (TPSA) is 75.6 Å². The average molecular weight is 375 g/mol. The number of carbonyl (C=O) groups is 2. The summed E-state index contributed by atoms with van der Waals surface area (Å²) in [5, 5.41) is 12.0. The van der Waals surface area contributed by atoms with Crippen LogP contribution < -0.4 is 10.1 Å². The van der Waals surface area contributed by atoms with E-state index in [0.29, 0.717) is 0 Å². The zero-order valence-corrected chi connectivity index (χ0v) is 14.0. The van der Waals surface area contributed by atoms with E-state index in [-0.39, 0.29) is 37.6 Å². The second kappa shape index (κ2) is 7.08. The Morgan fingerprint density at radius 3 is 2.43 bits per heavy atom. The van der Waals surface area contributed by atoms with Crippen molar-refractivity contribution >= 4 is 52.4 Å². The first-order valence-corrected chi connectivity index (χ1v) is 7.34. The summed E-state index contributed by atoms with van der Waals surface area (Å²) in [5.74, 6) is -1.62. The summed E-state index contributed by atoms with van der Waals surface area (Å²) >= 11 is 17.9. The van der Waals surface area contributed by atoms with E-state index in [1.54, 1.807) is 12.1 Å². The van der Waals surface area contributed by atoms with Gasteiger partial charge in [-0.15, -0.1) is 0 Å². The van der Waals surface area contributed by atoms with Crippen molar-refractivity contribution in [2.24, 2.45) is 0 Å². The molecule has 0 spiro atoms. The summed E-state index contributed by atoms with van der Waals surface area (Å²) in [6.45, 7) is 0. The maximum Gasteiger partial charge on any atom is 0.335 e. The van der Waals surface area contributed by atoms with E-state index in [0.717, 1.165) is 0 Å². The first kappa shape index (κ1) is 17.4. The molecule has 5 nitrogen and oxygen atoms in total. The van der Waals surface area contributed by atoms with Crippen molar-refractivity contribution in [1.82, 2.24) is 0 Å². The zero-order chi connectivity index (χ0) is 17.1. The van der Waals surface area contributed by atoms with Gasteiger partial charge >= 0.3 is 5.97 Å². The molecule has 8 heteroatoms. The molecule has 2 aromatic carbocycles. The summed E-state index contributed by atoms with van der Waals surface area (Å²) in [7, 11) is 1.35. The molecular formula is C15H10Cl3NO4. The van der Waals surface area contributed by atoms with Crippen LogP contribution in [0.3, 0.4) is 0 Å². The van der Waals surface area contributed by atoms with E-state index in [1.165, 1.54) is 25.3 Å². The minimum Gasteiger partial charge on any atom is -0.493 e. The van der Waals surface area contributed by atoms with Gasteiger partial charge in [-0.05, 0) is 24.3 Å². The number of halogens is 3. The van der Waals surface area contributed by atoms with Gasteiger partial charge in [0, 0.05) is 0 Å². The highest BCUT2D eigenvalue weighted by atomic mass is 35.5. The molecule has 0 unspecified atom stereocenters. The van der Waals surface area contributed by atoms with Crippen LogP contribution in [0.1, 0.15) is 20.7 Å². The second-order valence-corrected chi connectivity index (χ2v) is 5.59. The Morgan fingerprint density at radius 1 is 1.13 bits per heavy atom. The number of methoxy groups -OCH3 is 1. The summed E-state index contributed by atoms with van der Waals surface area (Å²) < 4.78 is 5.10. The monoisotopic (exact) mass is 373 g/mol. The Hall–Kier alpha value is -1.95. The van der Waals surface area contributed by atoms with Gasteiger partial charge in [0.25, 0.3) is 5.91 Å². The Labute approximate surface area is 146 Å². The van der Waals surface area contributed by atoms with Gasteiger partial charge in [-0.25, -0.2) is 4.79 Å². The number of hydrogen-bond acceptors (Lipinski definition) is 3. The lowest BCUT2D eigenvalue weighted by Gasteiger charge is -2.13. The van der Waals surface area contributed by atoms with E-state index in [4.69, 9.17) is 44.6 Å². The van der Waals surface area contributed by atoms with Gasteiger partial charge in [-0.2, -0.15) is 0 Å². The number of ether oxygens (including phenoxy) is 1. The van der Waals surface area contributed by atoms with Gasteiger partial charge in [-0.3, -0.25) is 4.79 Å². The highest BCUT2D eigenvalue weighted by Crippen LogP contribution is 2.35. The lowest BCUT2D eigenvalue weighted by atomic mass is 10.1. The fourth-order valence-electron chi connectivity index (χ4n) is 1.89. The normalized spacial score (nSPS) is 10.3. The third kappa shape index (κ3) is 3.69. The molecule has 0 saturated heterocycles. The smallest absolute Gasteiger partial charge is 0.335 e. The molecule has 0 bridgehead atoms. The molecule has 0 aliphatic heterocycles. The molecule has 2 aromatic rings. The van der Waals surface area contributed by atoms with Crippen molar-refractivity contribution in [2.45, 2.75) is 0 Å². The maximum atomic E-state index is 12.3. The molecule has 0 saturated carbocycles. The molecule has 0 radical (unpaired) electrons. The van der Waals surface area contributed by atoms with Crippen LogP contribution in [-0.2, 0) is 0 Å². The van der Waals surface area contributed by atoms with E-state index < -0.39 is 11.9 Å². The molecule has 120 valence electrons. The first-order chi connectivity index (χ1) is 10.8. The predicted octanol–water partition coefficient (Wildman–Crippen LogP) is 4.61. The Kier molecular flexibility index (Phi) is 5.36. The molecule has 2 rings (SSSR count). The fourth-order valence-corrected chi connectivity index (χ4v) is 2.57. The van der Waals surface area contributed by atoms with Gasteiger partial charge in [0.2, 0.25) is 0 Å². The summed E-state index contributed by atoms with van der Waals surface area (Å²) in [4.78, 5) is 23.5. The number of nitrogens with one attached hydrogen (secondary N) is 1. The standard InChI is InChI=1S/C15H10Cl3NO4/c1-23-13-10(17)5-7(15(21)22)6-11(13)19-14(20)8-3-2-4-9(16)12(8)18/h2-6H,1H3,(H,19,20)(H,21,22). The molecule has 2 N–H and O–H groups in total. The third-order valence-electron chi connectivity index (χ3n) is 2.94. The molecular weight excluding hydrogens is 365 g/mol. The summed E-state index contributed by atoms with van der Waals surface area (Å²) in [6.07, 6.45) is 0. The van der Waals surface area contributed by atoms with Crippen molar-refractivity contribution < 1.29 is 19.4 Å². The summed E-state index contributed by atoms with van der Waals surface area (Å²) in [6, 6.07) is 7.07.